The van der Waals surface area contributed by atoms with E-state index in [4.69, 9.17) is 9.84 Å². The van der Waals surface area contributed by atoms with Crippen LogP contribution in [-0.2, 0) is 11.3 Å². The lowest BCUT2D eigenvalue weighted by Gasteiger charge is -2.08. The van der Waals surface area contributed by atoms with E-state index in [0.717, 1.165) is 31.4 Å². The van der Waals surface area contributed by atoms with Gasteiger partial charge in [0.15, 0.2) is 0 Å². The molecule has 1 rings (SSSR count). The molecule has 0 saturated carbocycles. The number of hydrogen-bond donors (Lipinski definition) is 3. The van der Waals surface area contributed by atoms with E-state index >= 15 is 0 Å². The van der Waals surface area contributed by atoms with Crippen molar-refractivity contribution in [3.63, 3.8) is 0 Å². The first kappa shape index (κ1) is 17.0. The topological polar surface area (TPSA) is 87.7 Å². The summed E-state index contributed by atoms with van der Waals surface area (Å²) in [7, 11) is 1.67. The molecule has 0 aliphatic heterocycles. The van der Waals surface area contributed by atoms with Gasteiger partial charge in [-0.1, -0.05) is 12.1 Å². The number of carboxylic acid groups (broad SMARTS) is 1. The Kier molecular flexibility index (Phi) is 7.89. The van der Waals surface area contributed by atoms with Gasteiger partial charge in [0.25, 0.3) is 0 Å². The number of amides is 2. The predicted octanol–water partition coefficient (Wildman–Crippen LogP) is 2.00. The number of ether oxygens (including phenoxy) is 1. The van der Waals surface area contributed by atoms with Crippen LogP contribution in [0.3, 0.4) is 0 Å². The Morgan fingerprint density at radius 3 is 2.71 bits per heavy atom. The normalized spacial score (nSPS) is 10.1. The van der Waals surface area contributed by atoms with Crippen molar-refractivity contribution in [2.75, 3.05) is 20.3 Å². The average Bonchev–Trinajstić information content (AvgIpc) is 2.49. The maximum absolute atomic E-state index is 11.6. The van der Waals surface area contributed by atoms with Gasteiger partial charge in [-0.05, 0) is 37.0 Å². The molecule has 0 fully saturated rings. The number of nitrogens with one attached hydrogen (secondary N) is 2. The predicted molar refractivity (Wildman–Crippen MR) is 79.4 cm³/mol. The monoisotopic (exact) mass is 294 g/mol. The van der Waals surface area contributed by atoms with Gasteiger partial charge in [-0.15, -0.1) is 0 Å². The number of carbonyl (C=O) groups excluding carboxylic acids is 1. The Morgan fingerprint density at radius 2 is 2.00 bits per heavy atom. The van der Waals surface area contributed by atoms with Crippen molar-refractivity contribution in [2.45, 2.75) is 25.8 Å². The Labute approximate surface area is 124 Å². The summed E-state index contributed by atoms with van der Waals surface area (Å²) in [6, 6.07) is 6.26. The molecule has 1 aromatic carbocycles. The van der Waals surface area contributed by atoms with Crippen LogP contribution in [0.25, 0.3) is 0 Å². The van der Waals surface area contributed by atoms with Gasteiger partial charge in [0.05, 0.1) is 5.56 Å². The van der Waals surface area contributed by atoms with Crippen LogP contribution < -0.4 is 10.6 Å². The third-order valence-corrected chi connectivity index (χ3v) is 2.94. The molecule has 0 aliphatic carbocycles. The summed E-state index contributed by atoms with van der Waals surface area (Å²) in [4.78, 5) is 22.4. The molecule has 3 N–H and O–H groups in total. The van der Waals surface area contributed by atoms with Crippen molar-refractivity contribution in [3.05, 3.63) is 35.4 Å². The average molecular weight is 294 g/mol. The number of hydrogen-bond acceptors (Lipinski definition) is 3. The third-order valence-electron chi connectivity index (χ3n) is 2.94. The summed E-state index contributed by atoms with van der Waals surface area (Å²) < 4.78 is 4.94. The maximum atomic E-state index is 11.6. The molecule has 0 saturated heterocycles. The smallest absolute Gasteiger partial charge is 0.335 e. The molecule has 2 amide bonds. The summed E-state index contributed by atoms with van der Waals surface area (Å²) in [5.41, 5.74) is 0.970. The molecular weight excluding hydrogens is 272 g/mol. The molecule has 0 unspecified atom stereocenters. The fourth-order valence-corrected chi connectivity index (χ4v) is 1.81. The van der Waals surface area contributed by atoms with E-state index in [0.29, 0.717) is 13.1 Å². The van der Waals surface area contributed by atoms with Crippen molar-refractivity contribution < 1.29 is 19.4 Å². The highest BCUT2D eigenvalue weighted by atomic mass is 16.5. The van der Waals surface area contributed by atoms with Gasteiger partial charge in [0.1, 0.15) is 0 Å². The molecule has 1 aromatic rings. The number of urea groups is 1. The molecule has 0 bridgehead atoms. The first-order chi connectivity index (χ1) is 10.1. The van der Waals surface area contributed by atoms with Gasteiger partial charge < -0.3 is 20.5 Å². The molecule has 0 aromatic heterocycles. The van der Waals surface area contributed by atoms with Gasteiger partial charge in [0, 0.05) is 26.8 Å². The Bertz CT molecular complexity index is 463. The highest BCUT2D eigenvalue weighted by Gasteiger charge is 2.04. The van der Waals surface area contributed by atoms with Gasteiger partial charge in [-0.25, -0.2) is 9.59 Å². The van der Waals surface area contributed by atoms with Crippen molar-refractivity contribution in [1.29, 1.82) is 0 Å². The zero-order valence-electron chi connectivity index (χ0n) is 12.2. The van der Waals surface area contributed by atoms with Crippen molar-refractivity contribution in [3.8, 4) is 0 Å². The van der Waals surface area contributed by atoms with Gasteiger partial charge in [0.2, 0.25) is 0 Å². The van der Waals surface area contributed by atoms with E-state index in [2.05, 4.69) is 10.6 Å². The molecule has 0 radical (unpaired) electrons. The lowest BCUT2D eigenvalue weighted by atomic mass is 10.1. The number of rotatable bonds is 9. The SMILES string of the molecule is COCCCCCNC(=O)NCc1cccc(C(=O)O)c1. The standard InChI is InChI=1S/C15H22N2O4/c1-21-9-4-2-3-8-16-15(20)17-11-12-6-5-7-13(10-12)14(18)19/h5-7,10H,2-4,8-9,11H2,1H3,(H,18,19)(H2,16,17,20). The second-order valence-corrected chi connectivity index (χ2v) is 4.67. The molecule has 21 heavy (non-hydrogen) atoms. The van der Waals surface area contributed by atoms with Gasteiger partial charge in [-0.3, -0.25) is 0 Å². The molecular formula is C15H22N2O4. The summed E-state index contributed by atoms with van der Waals surface area (Å²) in [5, 5.41) is 14.3. The number of aromatic carboxylic acids is 1. The van der Waals surface area contributed by atoms with E-state index in [1.807, 2.05) is 0 Å². The summed E-state index contributed by atoms with van der Waals surface area (Å²) in [6.07, 6.45) is 2.90. The molecule has 6 heteroatoms. The number of methoxy groups -OCH3 is 1. The quantitative estimate of drug-likeness (QED) is 0.608. The van der Waals surface area contributed by atoms with Crippen molar-refractivity contribution in [2.24, 2.45) is 0 Å². The number of carbonyl (C=O) groups is 2. The van der Waals surface area contributed by atoms with Crippen LogP contribution in [-0.4, -0.2) is 37.4 Å². The van der Waals surface area contributed by atoms with Crippen LogP contribution in [0.2, 0.25) is 0 Å². The second kappa shape index (κ2) is 9.77. The zero-order valence-corrected chi connectivity index (χ0v) is 12.2. The van der Waals surface area contributed by atoms with Crippen LogP contribution >= 0.6 is 0 Å². The lowest BCUT2D eigenvalue weighted by Crippen LogP contribution is -2.35. The van der Waals surface area contributed by atoms with Gasteiger partial charge in [-0.2, -0.15) is 0 Å². The summed E-state index contributed by atoms with van der Waals surface area (Å²) in [5.74, 6) is -0.975. The molecule has 0 atom stereocenters. The summed E-state index contributed by atoms with van der Waals surface area (Å²) >= 11 is 0. The number of carboxylic acids is 1. The first-order valence-corrected chi connectivity index (χ1v) is 6.96. The fourth-order valence-electron chi connectivity index (χ4n) is 1.81. The van der Waals surface area contributed by atoms with Crippen LogP contribution in [0.4, 0.5) is 4.79 Å². The first-order valence-electron chi connectivity index (χ1n) is 6.96. The zero-order chi connectivity index (χ0) is 15.5. The van der Waals surface area contributed by atoms with E-state index in [-0.39, 0.29) is 11.6 Å². The largest absolute Gasteiger partial charge is 0.478 e. The van der Waals surface area contributed by atoms with Crippen LogP contribution in [0, 0.1) is 0 Å². The fraction of sp³-hybridized carbons (Fsp3) is 0.467. The Morgan fingerprint density at radius 1 is 1.19 bits per heavy atom. The minimum Gasteiger partial charge on any atom is -0.478 e. The van der Waals surface area contributed by atoms with Crippen molar-refractivity contribution >= 4 is 12.0 Å². The minimum atomic E-state index is -0.975. The molecule has 6 nitrogen and oxygen atoms in total. The van der Waals surface area contributed by atoms with E-state index in [1.54, 1.807) is 25.3 Å². The van der Waals surface area contributed by atoms with Crippen molar-refractivity contribution in [1.82, 2.24) is 10.6 Å². The second-order valence-electron chi connectivity index (χ2n) is 4.67. The molecule has 0 aliphatic rings. The molecule has 0 heterocycles. The van der Waals surface area contributed by atoms with E-state index < -0.39 is 5.97 Å². The molecule has 116 valence electrons. The number of unbranched alkanes of at least 4 members (excludes halogenated alkanes) is 2. The highest BCUT2D eigenvalue weighted by Crippen LogP contribution is 2.04. The maximum Gasteiger partial charge on any atom is 0.335 e. The highest BCUT2D eigenvalue weighted by molar-refractivity contribution is 5.87. The van der Waals surface area contributed by atoms with Gasteiger partial charge >= 0.3 is 12.0 Å². The van der Waals surface area contributed by atoms with Crippen LogP contribution in [0.1, 0.15) is 35.2 Å². The van der Waals surface area contributed by atoms with E-state index in [9.17, 15) is 9.59 Å². The lowest BCUT2D eigenvalue weighted by molar-refractivity contribution is 0.0696. The van der Waals surface area contributed by atoms with Crippen LogP contribution in [0.15, 0.2) is 24.3 Å². The third kappa shape index (κ3) is 7.31. The Hall–Kier alpha value is -2.08. The summed E-state index contributed by atoms with van der Waals surface area (Å²) in [6.45, 7) is 1.66. The Balaban J connectivity index is 2.21. The number of benzene rings is 1. The molecule has 0 spiro atoms. The van der Waals surface area contributed by atoms with Crippen LogP contribution in [0.5, 0.6) is 0 Å². The van der Waals surface area contributed by atoms with E-state index in [1.165, 1.54) is 6.07 Å². The minimum absolute atomic E-state index is 0.216.